The van der Waals surface area contributed by atoms with Gasteiger partial charge in [-0.15, -0.1) is 12.1 Å². The Bertz CT molecular complexity index is 478. The van der Waals surface area contributed by atoms with Crippen molar-refractivity contribution in [3.63, 3.8) is 0 Å². The molecule has 2 aliphatic heterocycles. The second-order valence-corrected chi connectivity index (χ2v) is 9.72. The zero-order valence-corrected chi connectivity index (χ0v) is 32.2. The molecule has 8 heteroatoms. The van der Waals surface area contributed by atoms with E-state index in [1.165, 1.54) is 64.2 Å². The van der Waals surface area contributed by atoms with Gasteiger partial charge in [0.25, 0.3) is 0 Å². The summed E-state index contributed by atoms with van der Waals surface area (Å²) < 4.78 is 0. The van der Waals surface area contributed by atoms with Crippen LogP contribution in [0.25, 0.3) is 11.5 Å². The molecule has 2 fully saturated rings. The van der Waals surface area contributed by atoms with Gasteiger partial charge in [0.2, 0.25) is 0 Å². The first kappa shape index (κ1) is 49.6. The first-order chi connectivity index (χ1) is 17.5. The zero-order valence-electron chi connectivity index (χ0n) is 27.4. The second kappa shape index (κ2) is 35.2. The van der Waals surface area contributed by atoms with Crippen molar-refractivity contribution < 1.29 is 42.1 Å². The van der Waals surface area contributed by atoms with Crippen molar-refractivity contribution in [2.24, 2.45) is 0 Å². The molecule has 0 saturated heterocycles. The second-order valence-electron chi connectivity index (χ2n) is 9.72. The van der Waals surface area contributed by atoms with E-state index in [1.807, 2.05) is 27.7 Å². The van der Waals surface area contributed by atoms with Gasteiger partial charge in [-0.1, -0.05) is 105 Å². The topological polar surface area (TPSA) is 60.6 Å². The van der Waals surface area contributed by atoms with Gasteiger partial charge in [-0.2, -0.15) is 13.3 Å². The molecule has 2 saturated carbocycles. The van der Waals surface area contributed by atoms with Crippen molar-refractivity contribution >= 4 is 0 Å². The molecule has 2 heterocycles. The van der Waals surface area contributed by atoms with E-state index in [1.54, 1.807) is 0 Å². The van der Waals surface area contributed by atoms with Gasteiger partial charge in [-0.3, -0.25) is 0 Å². The monoisotopic (exact) mass is 926 g/mol. The average molecular weight is 927 g/mol. The van der Waals surface area contributed by atoms with Crippen LogP contribution in [0.15, 0.2) is 24.8 Å². The van der Waals surface area contributed by atoms with E-state index in [4.69, 9.17) is 11.5 Å². The Morgan fingerprint density at radius 3 is 1.05 bits per heavy atom. The third-order valence-corrected chi connectivity index (χ3v) is 6.44. The Morgan fingerprint density at radius 2 is 0.850 bits per heavy atom. The van der Waals surface area contributed by atoms with E-state index >= 15 is 0 Å². The van der Waals surface area contributed by atoms with Crippen molar-refractivity contribution in [2.45, 2.75) is 130 Å². The Hall–Kier alpha value is -0.0234. The predicted molar refractivity (Wildman–Crippen MR) is 175 cm³/mol. The van der Waals surface area contributed by atoms with Crippen molar-refractivity contribution in [3.8, 4) is 0 Å². The molecule has 0 atom stereocenters. The van der Waals surface area contributed by atoms with Crippen molar-refractivity contribution in [1.29, 1.82) is 0 Å². The van der Waals surface area contributed by atoms with E-state index in [0.717, 1.165) is 38.8 Å². The van der Waals surface area contributed by atoms with Crippen LogP contribution in [-0.2, 0) is 42.1 Å². The third kappa shape index (κ3) is 28.1. The van der Waals surface area contributed by atoms with E-state index in [9.17, 15) is 0 Å². The Kier molecular flexibility index (Phi) is 43.7. The molecule has 0 amide bonds. The number of nitrogens with one attached hydrogen (secondary N) is 2. The van der Waals surface area contributed by atoms with Gasteiger partial charge in [-0.25, -0.2) is 0 Å². The van der Waals surface area contributed by atoms with Gasteiger partial charge in [0.15, 0.2) is 0 Å². The first-order valence-electron chi connectivity index (χ1n) is 15.0. The molecular formula is C32H68N6Pt2-6. The summed E-state index contributed by atoms with van der Waals surface area (Å²) >= 11 is 0. The molecule has 0 aromatic carbocycles. The van der Waals surface area contributed by atoms with Crippen LogP contribution in [0.4, 0.5) is 0 Å². The maximum atomic E-state index is 7.27. The van der Waals surface area contributed by atoms with Crippen LogP contribution in [0.5, 0.6) is 0 Å². The number of hydrogen-bond donors (Lipinski definition) is 0. The minimum atomic E-state index is 0. The Balaban J connectivity index is -0.000000156. The number of hydrogen-bond acceptors (Lipinski definition) is 4. The maximum absolute atomic E-state index is 7.27. The number of nitrogens with zero attached hydrogens (tertiary/aromatic N) is 4. The quantitative estimate of drug-likeness (QED) is 0.189. The van der Waals surface area contributed by atoms with Crippen LogP contribution in [-0.4, -0.2) is 58.9 Å². The fraction of sp³-hybridized carbons (Fsp3) is 0.750. The number of rotatable bonds is 7. The van der Waals surface area contributed by atoms with Gasteiger partial charge >= 0.3 is 42.1 Å². The first-order valence-corrected chi connectivity index (χ1v) is 15.0. The molecule has 0 spiro atoms. The van der Waals surface area contributed by atoms with Crippen LogP contribution in [0.1, 0.15) is 118 Å². The molecule has 0 aromatic rings. The summed E-state index contributed by atoms with van der Waals surface area (Å²) in [7, 11) is 4.13. The summed E-state index contributed by atoms with van der Waals surface area (Å²) in [6.45, 7) is 14.6. The molecule has 0 bridgehead atoms. The Morgan fingerprint density at radius 1 is 0.550 bits per heavy atom. The van der Waals surface area contributed by atoms with E-state index < -0.39 is 0 Å². The van der Waals surface area contributed by atoms with Gasteiger partial charge in [0.1, 0.15) is 0 Å². The summed E-state index contributed by atoms with van der Waals surface area (Å²) in [6.07, 6.45) is 26.2. The molecule has 4 rings (SSSR count). The van der Waals surface area contributed by atoms with Crippen molar-refractivity contribution in [2.75, 3.05) is 27.2 Å². The van der Waals surface area contributed by atoms with E-state index in [-0.39, 0.29) is 69.1 Å². The molecule has 2 aliphatic carbocycles. The SMILES string of the molecule is CC.CC.CN1C=CN(CCCCCCN2C=CN(C)[CH-]2)[CH-]1.[CH3-].[CH3-].[NH-]C1CCCCC1.[NH-]C1CCCCC1.[PtH].[PtH]. The molecule has 6 nitrogen and oxygen atoms in total. The van der Waals surface area contributed by atoms with E-state index in [0.29, 0.717) is 0 Å². The third-order valence-electron chi connectivity index (χ3n) is 6.44. The van der Waals surface area contributed by atoms with Crippen LogP contribution >= 0.6 is 0 Å². The fourth-order valence-corrected chi connectivity index (χ4v) is 4.42. The molecule has 4 aliphatic rings. The van der Waals surface area contributed by atoms with Crippen molar-refractivity contribution in [3.05, 3.63) is 64.5 Å². The van der Waals surface area contributed by atoms with Gasteiger partial charge < -0.3 is 45.9 Å². The summed E-state index contributed by atoms with van der Waals surface area (Å²) in [6, 6.07) is 0.572. The summed E-state index contributed by atoms with van der Waals surface area (Å²) in [4.78, 5) is 8.69. The van der Waals surface area contributed by atoms with Gasteiger partial charge in [0.05, 0.1) is 0 Å². The summed E-state index contributed by atoms with van der Waals surface area (Å²) in [5.74, 6) is 0. The normalized spacial score (nSPS) is 17.5. The molecule has 0 unspecified atom stereocenters. The molecule has 252 valence electrons. The standard InChI is InChI=1S/C14H24N4.2C6H12N.2C2H6.2CH3.2Pt.2H/c1-15-9-11-17(13-15)7-5-3-4-6-8-18-12-10-16(2)14-18;2*7-6-4-2-1-3-5-6;2*1-2;;;;;;/h9-14H,3-8H2,1-2H3;2*6-7H,1-5H2;2*1-2H3;2*1H3;;;;/q-2;2*-1;;;2*-1;;;;. The minimum absolute atomic E-state index is 0. The zero-order chi connectivity index (χ0) is 27.0. The van der Waals surface area contributed by atoms with Gasteiger partial charge in [-0.05, 0) is 64.8 Å². The van der Waals surface area contributed by atoms with Crippen LogP contribution in [0, 0.1) is 28.2 Å². The summed E-state index contributed by atoms with van der Waals surface area (Å²) in [5.41, 5.74) is 14.5. The molecule has 0 radical (unpaired) electrons. The van der Waals surface area contributed by atoms with Crippen LogP contribution in [0.2, 0.25) is 0 Å². The summed E-state index contributed by atoms with van der Waals surface area (Å²) in [5, 5.41) is 0. The van der Waals surface area contributed by atoms with Gasteiger partial charge in [0, 0.05) is 0 Å². The molecule has 2 N–H and O–H groups in total. The average Bonchev–Trinajstić information content (AvgIpc) is 3.53. The fourth-order valence-electron chi connectivity index (χ4n) is 4.42. The van der Waals surface area contributed by atoms with Crippen LogP contribution < -0.4 is 0 Å². The molecule has 40 heavy (non-hydrogen) atoms. The molecular weight excluding hydrogens is 859 g/mol. The van der Waals surface area contributed by atoms with Crippen LogP contribution in [0.3, 0.4) is 0 Å². The van der Waals surface area contributed by atoms with E-state index in [2.05, 4.69) is 71.8 Å². The molecule has 0 aromatic heterocycles. The Labute approximate surface area is 281 Å². The van der Waals surface area contributed by atoms with Crippen molar-refractivity contribution in [1.82, 2.24) is 19.6 Å². The predicted octanol–water partition coefficient (Wildman–Crippen LogP) is 9.38. The number of unbranched alkanes of at least 4 members (excludes halogenated alkanes) is 3.